The second kappa shape index (κ2) is 9.09. The molecule has 0 aliphatic rings. The van der Waals surface area contributed by atoms with Crippen LogP contribution in [0.15, 0.2) is 18.3 Å². The first-order valence-corrected chi connectivity index (χ1v) is 7.98. The molecule has 0 spiro atoms. The Morgan fingerprint density at radius 2 is 2.17 bits per heavy atom. The van der Waals surface area contributed by atoms with E-state index in [1.165, 1.54) is 25.0 Å². The smallest absolute Gasteiger partial charge is 0.168 e. The van der Waals surface area contributed by atoms with Gasteiger partial charge in [0, 0.05) is 12.7 Å². The van der Waals surface area contributed by atoms with E-state index >= 15 is 0 Å². The maximum atomic E-state index is 5.71. The molecule has 1 N–H and O–H groups in total. The van der Waals surface area contributed by atoms with Crippen LogP contribution in [0.5, 0.6) is 5.75 Å². The summed E-state index contributed by atoms with van der Waals surface area (Å²) in [4.78, 5) is 4.33. The largest absolute Gasteiger partial charge is 0.487 e. The van der Waals surface area contributed by atoms with Gasteiger partial charge in [0.2, 0.25) is 0 Å². The van der Waals surface area contributed by atoms with Gasteiger partial charge in [-0.05, 0) is 50.8 Å². The zero-order valence-electron chi connectivity index (χ0n) is 11.6. The van der Waals surface area contributed by atoms with Gasteiger partial charge in [0.25, 0.3) is 0 Å². The fourth-order valence-electron chi connectivity index (χ4n) is 1.63. The maximum Gasteiger partial charge on any atom is 0.168 e. The van der Waals surface area contributed by atoms with Crippen molar-refractivity contribution in [2.45, 2.75) is 39.2 Å². The molecule has 0 radical (unpaired) electrons. The van der Waals surface area contributed by atoms with E-state index in [-0.39, 0.29) is 6.10 Å². The summed E-state index contributed by atoms with van der Waals surface area (Å²) in [7, 11) is 0. The number of hydrogen-bond donors (Lipinski definition) is 1. The van der Waals surface area contributed by atoms with Crippen LogP contribution in [-0.2, 0) is 0 Å². The van der Waals surface area contributed by atoms with Crippen molar-refractivity contribution in [3.05, 3.63) is 18.3 Å². The van der Waals surface area contributed by atoms with Gasteiger partial charge in [-0.3, -0.25) is 0 Å². The first-order chi connectivity index (χ1) is 8.74. The van der Waals surface area contributed by atoms with Crippen LogP contribution in [0.25, 0.3) is 0 Å². The number of nitrogens with one attached hydrogen (secondary N) is 1. The normalized spacial score (nSPS) is 10.7. The first-order valence-electron chi connectivity index (χ1n) is 6.58. The Morgan fingerprint density at radius 3 is 2.89 bits per heavy atom. The number of aromatic nitrogens is 1. The number of hydrogen-bond acceptors (Lipinski definition) is 4. The van der Waals surface area contributed by atoms with Crippen molar-refractivity contribution in [3.63, 3.8) is 0 Å². The van der Waals surface area contributed by atoms with Crippen LogP contribution >= 0.6 is 11.8 Å². The molecule has 0 aromatic carbocycles. The van der Waals surface area contributed by atoms with Crippen molar-refractivity contribution in [1.82, 2.24) is 4.98 Å². The van der Waals surface area contributed by atoms with E-state index in [2.05, 4.69) is 16.6 Å². The zero-order chi connectivity index (χ0) is 13.2. The maximum absolute atomic E-state index is 5.71. The predicted molar refractivity (Wildman–Crippen MR) is 80.7 cm³/mol. The summed E-state index contributed by atoms with van der Waals surface area (Å²) in [5, 5.41) is 3.35. The van der Waals surface area contributed by atoms with Crippen molar-refractivity contribution in [2.24, 2.45) is 0 Å². The summed E-state index contributed by atoms with van der Waals surface area (Å²) >= 11 is 1.91. The Kier molecular flexibility index (Phi) is 7.65. The fourth-order valence-corrected chi connectivity index (χ4v) is 2.12. The van der Waals surface area contributed by atoms with Crippen LogP contribution in [0.1, 0.15) is 33.1 Å². The van der Waals surface area contributed by atoms with Crippen LogP contribution in [-0.4, -0.2) is 29.6 Å². The summed E-state index contributed by atoms with van der Waals surface area (Å²) in [6, 6.07) is 3.87. The van der Waals surface area contributed by atoms with Gasteiger partial charge in [0.1, 0.15) is 0 Å². The van der Waals surface area contributed by atoms with Gasteiger partial charge in [-0.2, -0.15) is 11.8 Å². The second-order valence-electron chi connectivity index (χ2n) is 4.50. The summed E-state index contributed by atoms with van der Waals surface area (Å²) in [6.07, 6.45) is 7.86. The molecule has 3 nitrogen and oxygen atoms in total. The molecule has 0 aliphatic carbocycles. The number of nitrogens with zero attached hydrogens (tertiary/aromatic N) is 1. The molecule has 0 unspecified atom stereocenters. The minimum atomic E-state index is 0.177. The lowest BCUT2D eigenvalue weighted by Gasteiger charge is -2.14. The molecule has 0 saturated heterocycles. The Balaban J connectivity index is 2.32. The van der Waals surface area contributed by atoms with Crippen molar-refractivity contribution >= 4 is 17.6 Å². The predicted octanol–water partition coefficient (Wildman–Crippen LogP) is 3.81. The average Bonchev–Trinajstić information content (AvgIpc) is 2.35. The number of pyridine rings is 1. The van der Waals surface area contributed by atoms with Gasteiger partial charge >= 0.3 is 0 Å². The minimum Gasteiger partial charge on any atom is -0.487 e. The highest BCUT2D eigenvalue weighted by Gasteiger charge is 2.05. The van der Waals surface area contributed by atoms with E-state index in [1.54, 1.807) is 6.20 Å². The molecule has 102 valence electrons. The number of unbranched alkanes of at least 4 members (excludes halogenated alkanes) is 2. The third-order valence-electron chi connectivity index (χ3n) is 2.45. The molecule has 1 aromatic heterocycles. The van der Waals surface area contributed by atoms with Crippen molar-refractivity contribution in [2.75, 3.05) is 23.9 Å². The standard InChI is InChI=1S/C14H24N2OS/c1-12(2)17-13-8-7-10-16-14(13)15-9-5-4-6-11-18-3/h7-8,10,12H,4-6,9,11H2,1-3H3,(H,15,16). The molecular weight excluding hydrogens is 244 g/mol. The molecule has 0 fully saturated rings. The molecule has 1 aromatic rings. The Labute approximate surface area is 115 Å². The zero-order valence-corrected chi connectivity index (χ0v) is 12.4. The van der Waals surface area contributed by atoms with E-state index in [0.29, 0.717) is 0 Å². The SMILES string of the molecule is CSCCCCCNc1ncccc1OC(C)C. The lowest BCUT2D eigenvalue weighted by molar-refractivity contribution is 0.243. The fraction of sp³-hybridized carbons (Fsp3) is 0.643. The highest BCUT2D eigenvalue weighted by Crippen LogP contribution is 2.22. The molecule has 4 heteroatoms. The molecule has 0 amide bonds. The van der Waals surface area contributed by atoms with E-state index in [9.17, 15) is 0 Å². The highest BCUT2D eigenvalue weighted by molar-refractivity contribution is 7.98. The monoisotopic (exact) mass is 268 g/mol. The average molecular weight is 268 g/mol. The third-order valence-corrected chi connectivity index (χ3v) is 3.15. The lowest BCUT2D eigenvalue weighted by Crippen LogP contribution is -2.10. The molecule has 18 heavy (non-hydrogen) atoms. The van der Waals surface area contributed by atoms with Crippen molar-refractivity contribution in [1.29, 1.82) is 0 Å². The molecule has 0 aliphatic heterocycles. The lowest BCUT2D eigenvalue weighted by atomic mass is 10.2. The summed E-state index contributed by atoms with van der Waals surface area (Å²) < 4.78 is 5.71. The molecule has 0 atom stereocenters. The van der Waals surface area contributed by atoms with Crippen LogP contribution in [0.3, 0.4) is 0 Å². The van der Waals surface area contributed by atoms with Gasteiger partial charge in [-0.15, -0.1) is 0 Å². The second-order valence-corrected chi connectivity index (χ2v) is 5.48. The Morgan fingerprint density at radius 1 is 1.33 bits per heavy atom. The van der Waals surface area contributed by atoms with E-state index < -0.39 is 0 Å². The van der Waals surface area contributed by atoms with Gasteiger partial charge < -0.3 is 10.1 Å². The van der Waals surface area contributed by atoms with E-state index in [0.717, 1.165) is 18.1 Å². The van der Waals surface area contributed by atoms with Crippen LogP contribution in [0.2, 0.25) is 0 Å². The molecular formula is C14H24N2OS. The van der Waals surface area contributed by atoms with Crippen molar-refractivity contribution < 1.29 is 4.74 Å². The molecule has 1 heterocycles. The van der Waals surface area contributed by atoms with Crippen LogP contribution in [0, 0.1) is 0 Å². The minimum absolute atomic E-state index is 0.177. The Hall–Kier alpha value is -0.900. The summed E-state index contributed by atoms with van der Waals surface area (Å²) in [6.45, 7) is 5.01. The van der Waals surface area contributed by atoms with Gasteiger partial charge in [0.15, 0.2) is 11.6 Å². The van der Waals surface area contributed by atoms with E-state index in [1.807, 2.05) is 37.7 Å². The molecule has 0 saturated carbocycles. The van der Waals surface area contributed by atoms with Gasteiger partial charge in [-0.25, -0.2) is 4.98 Å². The van der Waals surface area contributed by atoms with Crippen LogP contribution in [0.4, 0.5) is 5.82 Å². The van der Waals surface area contributed by atoms with E-state index in [4.69, 9.17) is 4.74 Å². The van der Waals surface area contributed by atoms with Crippen molar-refractivity contribution in [3.8, 4) is 5.75 Å². The van der Waals surface area contributed by atoms with Gasteiger partial charge in [0.05, 0.1) is 6.10 Å². The first kappa shape index (κ1) is 15.2. The topological polar surface area (TPSA) is 34.2 Å². The highest BCUT2D eigenvalue weighted by atomic mass is 32.2. The van der Waals surface area contributed by atoms with Gasteiger partial charge in [-0.1, -0.05) is 6.42 Å². The molecule has 0 bridgehead atoms. The summed E-state index contributed by atoms with van der Waals surface area (Å²) in [5.41, 5.74) is 0. The summed E-state index contributed by atoms with van der Waals surface area (Å²) in [5.74, 6) is 2.96. The number of thioether (sulfide) groups is 1. The third kappa shape index (κ3) is 6.15. The number of anilines is 1. The number of rotatable bonds is 9. The van der Waals surface area contributed by atoms with Crippen LogP contribution < -0.4 is 10.1 Å². The quantitative estimate of drug-likeness (QED) is 0.691. The number of ether oxygens (including phenoxy) is 1. The molecule has 1 rings (SSSR count). The Bertz CT molecular complexity index is 331.